The Bertz CT molecular complexity index is 881. The van der Waals surface area contributed by atoms with E-state index in [1.807, 2.05) is 0 Å². The van der Waals surface area contributed by atoms with Crippen molar-refractivity contribution in [3.8, 4) is 18.2 Å². The molecule has 0 amide bonds. The second-order valence-electron chi connectivity index (χ2n) is 4.25. The third-order valence-electron chi connectivity index (χ3n) is 2.79. The molecule has 3 aromatic rings. The molecule has 0 spiro atoms. The van der Waals surface area contributed by atoms with E-state index >= 15 is 0 Å². The SMILES string of the molecule is C#CCCOc1nc2cccnc2n2c(C(F)(F)F)nnc12. The molecule has 0 radical (unpaired) electrons. The van der Waals surface area contributed by atoms with Gasteiger partial charge in [0, 0.05) is 12.6 Å². The molecule has 6 nitrogen and oxygen atoms in total. The predicted molar refractivity (Wildman–Crippen MR) is 70.0 cm³/mol. The zero-order valence-electron chi connectivity index (χ0n) is 11.0. The number of hydrogen-bond donors (Lipinski definition) is 0. The van der Waals surface area contributed by atoms with Crippen LogP contribution in [0.15, 0.2) is 18.3 Å². The van der Waals surface area contributed by atoms with Crippen LogP contribution < -0.4 is 4.74 Å². The van der Waals surface area contributed by atoms with Crippen LogP contribution in [-0.2, 0) is 6.18 Å². The molecular formula is C13H8F3N5O. The molecule has 9 heteroatoms. The van der Waals surface area contributed by atoms with E-state index in [-0.39, 0.29) is 29.3 Å². The minimum Gasteiger partial charge on any atom is -0.474 e. The molecule has 0 aliphatic heterocycles. The van der Waals surface area contributed by atoms with Gasteiger partial charge < -0.3 is 4.74 Å². The normalized spacial score (nSPS) is 11.7. The quantitative estimate of drug-likeness (QED) is 0.547. The van der Waals surface area contributed by atoms with Gasteiger partial charge in [-0.05, 0) is 12.1 Å². The topological polar surface area (TPSA) is 65.2 Å². The van der Waals surface area contributed by atoms with Gasteiger partial charge in [-0.3, -0.25) is 0 Å². The minimum absolute atomic E-state index is 0.000810. The number of terminal acetylenes is 1. The molecule has 0 saturated heterocycles. The number of nitrogens with zero attached hydrogens (tertiary/aromatic N) is 5. The van der Waals surface area contributed by atoms with Crippen molar-refractivity contribution in [3.05, 3.63) is 24.2 Å². The average Bonchev–Trinajstić information content (AvgIpc) is 2.93. The van der Waals surface area contributed by atoms with Crippen LogP contribution in [0.3, 0.4) is 0 Å². The maximum absolute atomic E-state index is 13.1. The fourth-order valence-electron chi connectivity index (χ4n) is 1.92. The van der Waals surface area contributed by atoms with Gasteiger partial charge in [0.15, 0.2) is 5.65 Å². The molecule has 3 heterocycles. The summed E-state index contributed by atoms with van der Waals surface area (Å²) in [7, 11) is 0. The number of halogens is 3. The molecule has 0 N–H and O–H groups in total. The summed E-state index contributed by atoms with van der Waals surface area (Å²) in [5, 5.41) is 6.72. The first kappa shape index (κ1) is 14.1. The standard InChI is InChI=1S/C13H8F3N5O/c1-2-3-7-22-11-10-19-20-12(13(14,15)16)21(10)9-8(18-11)5-4-6-17-9/h1,4-6H,3,7H2. The van der Waals surface area contributed by atoms with Crippen LogP contribution in [0.5, 0.6) is 5.88 Å². The molecule has 0 atom stereocenters. The zero-order chi connectivity index (χ0) is 15.7. The van der Waals surface area contributed by atoms with Crippen LogP contribution >= 0.6 is 0 Å². The van der Waals surface area contributed by atoms with Crippen molar-refractivity contribution in [2.75, 3.05) is 6.61 Å². The highest BCUT2D eigenvalue weighted by molar-refractivity contribution is 5.76. The Hall–Kier alpha value is -2.89. The molecule has 0 bridgehead atoms. The lowest BCUT2D eigenvalue weighted by atomic mass is 10.4. The highest BCUT2D eigenvalue weighted by atomic mass is 19.4. The lowest BCUT2D eigenvalue weighted by Gasteiger charge is -2.09. The second-order valence-corrected chi connectivity index (χ2v) is 4.25. The molecule has 0 unspecified atom stereocenters. The lowest BCUT2D eigenvalue weighted by Crippen LogP contribution is -2.12. The van der Waals surface area contributed by atoms with Gasteiger partial charge in [-0.15, -0.1) is 22.5 Å². The van der Waals surface area contributed by atoms with Crippen LogP contribution in [0.4, 0.5) is 13.2 Å². The number of aromatic nitrogens is 5. The van der Waals surface area contributed by atoms with Gasteiger partial charge in [0.2, 0.25) is 11.5 Å². The lowest BCUT2D eigenvalue weighted by molar-refractivity contribution is -0.145. The molecule has 112 valence electrons. The number of fused-ring (bicyclic) bond motifs is 3. The smallest absolute Gasteiger partial charge is 0.452 e. The van der Waals surface area contributed by atoms with E-state index in [1.54, 1.807) is 6.07 Å². The predicted octanol–water partition coefficient (Wildman–Crippen LogP) is 2.09. The first-order valence-electron chi connectivity index (χ1n) is 6.15. The number of hydrogen-bond acceptors (Lipinski definition) is 5. The maximum Gasteiger partial charge on any atom is 0.452 e. The van der Waals surface area contributed by atoms with Crippen LogP contribution in [0.25, 0.3) is 16.8 Å². The average molecular weight is 307 g/mol. The first-order chi connectivity index (χ1) is 10.5. The van der Waals surface area contributed by atoms with Gasteiger partial charge in [-0.2, -0.15) is 13.2 Å². The van der Waals surface area contributed by atoms with E-state index in [0.29, 0.717) is 6.42 Å². The van der Waals surface area contributed by atoms with Gasteiger partial charge >= 0.3 is 6.18 Å². The van der Waals surface area contributed by atoms with Crippen molar-refractivity contribution in [1.82, 2.24) is 24.6 Å². The number of rotatable bonds is 3. The first-order valence-corrected chi connectivity index (χ1v) is 6.15. The Kier molecular flexibility index (Phi) is 3.29. The summed E-state index contributed by atoms with van der Waals surface area (Å²) >= 11 is 0. The summed E-state index contributed by atoms with van der Waals surface area (Å²) in [6, 6.07) is 3.08. The minimum atomic E-state index is -4.68. The molecule has 0 aliphatic carbocycles. The molecule has 22 heavy (non-hydrogen) atoms. The molecule has 0 aromatic carbocycles. The van der Waals surface area contributed by atoms with Gasteiger partial charge in [-0.25, -0.2) is 14.4 Å². The summed E-state index contributed by atoms with van der Waals surface area (Å²) in [5.41, 5.74) is 0.0747. The largest absolute Gasteiger partial charge is 0.474 e. The van der Waals surface area contributed by atoms with Gasteiger partial charge in [0.25, 0.3) is 5.88 Å². The fourth-order valence-corrected chi connectivity index (χ4v) is 1.92. The maximum atomic E-state index is 13.1. The Morgan fingerprint density at radius 1 is 1.27 bits per heavy atom. The third-order valence-corrected chi connectivity index (χ3v) is 2.79. The summed E-state index contributed by atoms with van der Waals surface area (Å²) in [4.78, 5) is 8.05. The van der Waals surface area contributed by atoms with Gasteiger partial charge in [-0.1, -0.05) is 0 Å². The van der Waals surface area contributed by atoms with Crippen molar-refractivity contribution in [2.24, 2.45) is 0 Å². The summed E-state index contributed by atoms with van der Waals surface area (Å²) < 4.78 is 45.3. The van der Waals surface area contributed by atoms with Crippen LogP contribution in [0.2, 0.25) is 0 Å². The number of alkyl halides is 3. The van der Waals surface area contributed by atoms with E-state index in [0.717, 1.165) is 4.40 Å². The zero-order valence-corrected chi connectivity index (χ0v) is 11.0. The number of pyridine rings is 1. The van der Waals surface area contributed by atoms with E-state index in [2.05, 4.69) is 26.1 Å². The Balaban J connectivity index is 2.28. The molecule has 0 fully saturated rings. The van der Waals surface area contributed by atoms with Crippen molar-refractivity contribution in [2.45, 2.75) is 12.6 Å². The van der Waals surface area contributed by atoms with Crippen LogP contribution in [-0.4, -0.2) is 31.2 Å². The fraction of sp³-hybridized carbons (Fsp3) is 0.231. The highest BCUT2D eigenvalue weighted by Crippen LogP contribution is 2.31. The molecule has 3 rings (SSSR count). The third kappa shape index (κ3) is 2.28. The van der Waals surface area contributed by atoms with Crippen molar-refractivity contribution < 1.29 is 17.9 Å². The number of ether oxygens (including phenoxy) is 1. The van der Waals surface area contributed by atoms with E-state index in [9.17, 15) is 13.2 Å². The van der Waals surface area contributed by atoms with E-state index < -0.39 is 12.0 Å². The van der Waals surface area contributed by atoms with Crippen molar-refractivity contribution in [1.29, 1.82) is 0 Å². The monoisotopic (exact) mass is 307 g/mol. The Labute approximate surface area is 122 Å². The highest BCUT2D eigenvalue weighted by Gasteiger charge is 2.38. The van der Waals surface area contributed by atoms with Crippen LogP contribution in [0, 0.1) is 12.3 Å². The molecular weight excluding hydrogens is 299 g/mol. The van der Waals surface area contributed by atoms with Crippen molar-refractivity contribution >= 4 is 16.8 Å². The second kappa shape index (κ2) is 5.14. The molecule has 0 saturated carbocycles. The Morgan fingerprint density at radius 2 is 2.09 bits per heavy atom. The van der Waals surface area contributed by atoms with E-state index in [4.69, 9.17) is 11.2 Å². The Morgan fingerprint density at radius 3 is 2.82 bits per heavy atom. The summed E-state index contributed by atoms with van der Waals surface area (Å²) in [6.45, 7) is 0.110. The molecule has 3 aromatic heterocycles. The molecule has 0 aliphatic rings. The van der Waals surface area contributed by atoms with Crippen molar-refractivity contribution in [3.63, 3.8) is 0 Å². The van der Waals surface area contributed by atoms with Gasteiger partial charge in [0.1, 0.15) is 12.1 Å². The summed E-state index contributed by atoms with van der Waals surface area (Å²) in [5.74, 6) is 1.11. The van der Waals surface area contributed by atoms with E-state index in [1.165, 1.54) is 12.3 Å². The van der Waals surface area contributed by atoms with Crippen LogP contribution in [0.1, 0.15) is 12.2 Å². The summed E-state index contributed by atoms with van der Waals surface area (Å²) in [6.07, 6.45) is 2.09. The van der Waals surface area contributed by atoms with Gasteiger partial charge in [0.05, 0.1) is 0 Å².